The zero-order valence-electron chi connectivity index (χ0n) is 13.6. The van der Waals surface area contributed by atoms with E-state index in [0.717, 1.165) is 37.7 Å². The van der Waals surface area contributed by atoms with Gasteiger partial charge in [0, 0.05) is 11.3 Å². The predicted molar refractivity (Wildman–Crippen MR) is 89.2 cm³/mol. The summed E-state index contributed by atoms with van der Waals surface area (Å²) in [6, 6.07) is 5.22. The molecule has 2 N–H and O–H groups in total. The van der Waals surface area contributed by atoms with Crippen LogP contribution in [0.1, 0.15) is 49.7 Å². The SMILES string of the molecule is C[C@]12CCC3C(=CCc4cc(OS(=O)(=O)O)ccc43)C1CCC2O. The van der Waals surface area contributed by atoms with Crippen molar-refractivity contribution < 1.29 is 22.3 Å². The second kappa shape index (κ2) is 5.31. The molecule has 6 heteroatoms. The summed E-state index contributed by atoms with van der Waals surface area (Å²) in [5.74, 6) is 0.926. The van der Waals surface area contributed by atoms with Crippen LogP contribution in [0.4, 0.5) is 0 Å². The van der Waals surface area contributed by atoms with Gasteiger partial charge < -0.3 is 9.29 Å². The Morgan fingerprint density at radius 1 is 1.25 bits per heavy atom. The van der Waals surface area contributed by atoms with E-state index in [2.05, 4.69) is 17.2 Å². The van der Waals surface area contributed by atoms with Crippen LogP contribution >= 0.6 is 0 Å². The van der Waals surface area contributed by atoms with Crippen LogP contribution in [0, 0.1) is 11.3 Å². The second-order valence-corrected chi connectivity index (χ2v) is 8.54. The number of fused-ring (bicyclic) bond motifs is 5. The first-order chi connectivity index (χ1) is 11.3. The summed E-state index contributed by atoms with van der Waals surface area (Å²) >= 11 is 0. The summed E-state index contributed by atoms with van der Waals surface area (Å²) < 4.78 is 35.2. The molecule has 2 saturated carbocycles. The first kappa shape index (κ1) is 16.1. The predicted octanol–water partition coefficient (Wildman–Crippen LogP) is 3.01. The number of hydrogen-bond acceptors (Lipinski definition) is 4. The third kappa shape index (κ3) is 2.48. The number of hydrogen-bond donors (Lipinski definition) is 2. The van der Waals surface area contributed by atoms with E-state index in [-0.39, 0.29) is 17.3 Å². The van der Waals surface area contributed by atoms with E-state index in [9.17, 15) is 13.5 Å². The van der Waals surface area contributed by atoms with E-state index in [4.69, 9.17) is 4.55 Å². The van der Waals surface area contributed by atoms with Crippen molar-refractivity contribution in [3.8, 4) is 5.75 Å². The minimum atomic E-state index is -4.50. The molecule has 3 aliphatic carbocycles. The maximum absolute atomic E-state index is 10.9. The Labute approximate surface area is 142 Å². The van der Waals surface area contributed by atoms with Crippen molar-refractivity contribution in [2.75, 3.05) is 0 Å². The third-order valence-corrected chi connectivity index (χ3v) is 6.71. The van der Waals surface area contributed by atoms with Crippen LogP contribution in [0.25, 0.3) is 0 Å². The lowest BCUT2D eigenvalue weighted by atomic mass is 9.59. The van der Waals surface area contributed by atoms with Crippen LogP contribution in [0.2, 0.25) is 0 Å². The van der Waals surface area contributed by atoms with Crippen molar-refractivity contribution in [1.29, 1.82) is 0 Å². The molecule has 5 nitrogen and oxygen atoms in total. The van der Waals surface area contributed by atoms with E-state index in [1.165, 1.54) is 11.1 Å². The largest absolute Gasteiger partial charge is 0.446 e. The van der Waals surface area contributed by atoms with Crippen LogP contribution in [0.5, 0.6) is 5.75 Å². The fourth-order valence-electron chi connectivity index (χ4n) is 5.09. The Kier molecular flexibility index (Phi) is 3.57. The van der Waals surface area contributed by atoms with Crippen LogP contribution < -0.4 is 4.18 Å². The van der Waals surface area contributed by atoms with Crippen LogP contribution in [-0.4, -0.2) is 24.2 Å². The molecule has 0 bridgehead atoms. The van der Waals surface area contributed by atoms with Gasteiger partial charge in [-0.15, -0.1) is 0 Å². The Morgan fingerprint density at radius 3 is 2.79 bits per heavy atom. The van der Waals surface area contributed by atoms with Gasteiger partial charge in [-0.2, -0.15) is 8.42 Å². The zero-order chi connectivity index (χ0) is 17.1. The molecule has 0 amide bonds. The molecule has 130 valence electrons. The number of rotatable bonds is 2. The quantitative estimate of drug-likeness (QED) is 0.633. The molecule has 0 saturated heterocycles. The summed E-state index contributed by atoms with van der Waals surface area (Å²) in [4.78, 5) is 0. The van der Waals surface area contributed by atoms with Gasteiger partial charge in [0.15, 0.2) is 0 Å². The molecule has 2 fully saturated rings. The molecular weight excluding hydrogens is 328 g/mol. The lowest BCUT2D eigenvalue weighted by Crippen LogP contribution is -2.39. The maximum atomic E-state index is 10.9. The van der Waals surface area contributed by atoms with Gasteiger partial charge in [-0.25, -0.2) is 0 Å². The number of benzene rings is 1. The van der Waals surface area contributed by atoms with Crippen molar-refractivity contribution in [2.45, 2.75) is 51.0 Å². The van der Waals surface area contributed by atoms with Gasteiger partial charge in [0.05, 0.1) is 6.10 Å². The Balaban J connectivity index is 1.67. The first-order valence-corrected chi connectivity index (χ1v) is 9.82. The minimum Gasteiger partial charge on any atom is -0.393 e. The average molecular weight is 350 g/mol. The third-order valence-electron chi connectivity index (χ3n) is 6.31. The minimum absolute atomic E-state index is 0.00610. The van der Waals surface area contributed by atoms with Crippen molar-refractivity contribution >= 4 is 10.4 Å². The van der Waals surface area contributed by atoms with Gasteiger partial charge in [-0.05, 0) is 61.3 Å². The fourth-order valence-corrected chi connectivity index (χ4v) is 5.44. The highest BCUT2D eigenvalue weighted by atomic mass is 32.3. The van der Waals surface area contributed by atoms with E-state index in [1.807, 2.05) is 6.07 Å². The highest BCUT2D eigenvalue weighted by molar-refractivity contribution is 7.81. The molecule has 0 radical (unpaired) electrons. The smallest absolute Gasteiger partial charge is 0.393 e. The van der Waals surface area contributed by atoms with E-state index >= 15 is 0 Å². The Bertz CT molecular complexity index is 813. The molecular formula is C18H22O5S. The number of aliphatic hydroxyl groups is 1. The summed E-state index contributed by atoms with van der Waals surface area (Å²) in [5, 5.41) is 10.4. The van der Waals surface area contributed by atoms with Gasteiger partial charge >= 0.3 is 10.4 Å². The number of aliphatic hydroxyl groups excluding tert-OH is 1. The molecule has 0 aliphatic heterocycles. The van der Waals surface area contributed by atoms with Crippen molar-refractivity contribution in [2.24, 2.45) is 11.3 Å². The van der Waals surface area contributed by atoms with E-state index in [0.29, 0.717) is 11.8 Å². The Hall–Kier alpha value is -1.37. The molecule has 0 spiro atoms. The van der Waals surface area contributed by atoms with E-state index < -0.39 is 10.4 Å². The molecule has 0 aromatic heterocycles. The van der Waals surface area contributed by atoms with Gasteiger partial charge in [-0.1, -0.05) is 24.6 Å². The molecule has 3 aliphatic rings. The van der Waals surface area contributed by atoms with Gasteiger partial charge in [0.25, 0.3) is 0 Å². The summed E-state index contributed by atoms with van der Waals surface area (Å²) in [6.45, 7) is 2.21. The first-order valence-electron chi connectivity index (χ1n) is 8.46. The maximum Gasteiger partial charge on any atom is 0.446 e. The van der Waals surface area contributed by atoms with Crippen LogP contribution in [-0.2, 0) is 16.8 Å². The molecule has 24 heavy (non-hydrogen) atoms. The van der Waals surface area contributed by atoms with Crippen molar-refractivity contribution in [1.82, 2.24) is 0 Å². The summed E-state index contributed by atoms with van der Waals surface area (Å²) in [6.07, 6.45) is 6.69. The van der Waals surface area contributed by atoms with Gasteiger partial charge in [0.2, 0.25) is 0 Å². The molecule has 1 aromatic rings. The molecule has 1 aromatic carbocycles. The molecule has 0 heterocycles. The number of allylic oxidation sites excluding steroid dienone is 2. The Morgan fingerprint density at radius 2 is 2.04 bits per heavy atom. The highest BCUT2D eigenvalue weighted by Crippen LogP contribution is 2.59. The second-order valence-electron chi connectivity index (χ2n) is 7.52. The molecule has 4 atom stereocenters. The molecule has 4 rings (SSSR count). The van der Waals surface area contributed by atoms with Gasteiger partial charge in [-0.3, -0.25) is 4.55 Å². The van der Waals surface area contributed by atoms with Crippen LogP contribution in [0.15, 0.2) is 29.8 Å². The fraction of sp³-hybridized carbons (Fsp3) is 0.556. The average Bonchev–Trinajstić information content (AvgIpc) is 2.81. The monoisotopic (exact) mass is 350 g/mol. The highest BCUT2D eigenvalue weighted by Gasteiger charge is 2.51. The topological polar surface area (TPSA) is 83.8 Å². The normalized spacial score (nSPS) is 34.8. The van der Waals surface area contributed by atoms with E-state index in [1.54, 1.807) is 12.1 Å². The van der Waals surface area contributed by atoms with Crippen molar-refractivity contribution in [3.05, 3.63) is 41.0 Å². The lowest BCUT2D eigenvalue weighted by Gasteiger charge is -2.46. The standard InChI is InChI=1S/C18H22O5S/c1-18-9-8-14-13-5-3-12(23-24(20,21)22)10-11(13)2-4-15(14)16(18)6-7-17(18)19/h3-5,10,14,16-17,19H,2,6-9H2,1H3,(H,20,21,22)/t14?,16?,17?,18-/m0/s1. The lowest BCUT2D eigenvalue weighted by molar-refractivity contribution is 0.0267. The summed E-state index contributed by atoms with van der Waals surface area (Å²) in [5.41, 5.74) is 3.70. The molecule has 3 unspecified atom stereocenters. The summed E-state index contributed by atoms with van der Waals surface area (Å²) in [7, 11) is -4.50. The van der Waals surface area contributed by atoms with Crippen molar-refractivity contribution in [3.63, 3.8) is 0 Å². The zero-order valence-corrected chi connectivity index (χ0v) is 14.4. The van der Waals surface area contributed by atoms with Crippen LogP contribution in [0.3, 0.4) is 0 Å². The van der Waals surface area contributed by atoms with Gasteiger partial charge in [0.1, 0.15) is 5.75 Å².